The molecule has 3 heteroatoms. The Bertz CT molecular complexity index is 616. The zero-order chi connectivity index (χ0) is 13.5. The number of imidazole rings is 1. The number of hydrogen-bond acceptors (Lipinski definition) is 2. The van der Waals surface area contributed by atoms with E-state index in [9.17, 15) is 0 Å². The molecule has 0 spiro atoms. The molecule has 3 nitrogen and oxygen atoms in total. The first-order valence-corrected chi connectivity index (χ1v) is 8.05. The Balaban J connectivity index is 1.82. The molecule has 1 aliphatic carbocycles. The zero-order valence-electron chi connectivity index (χ0n) is 12.2. The van der Waals surface area contributed by atoms with E-state index in [1.165, 1.54) is 60.9 Å². The Morgan fingerprint density at radius 1 is 1.15 bits per heavy atom. The number of nitrogens with zero attached hydrogens (tertiary/aromatic N) is 2. The molecular weight excluding hydrogens is 246 g/mol. The minimum absolute atomic E-state index is 0.450. The predicted molar refractivity (Wildman–Crippen MR) is 82.0 cm³/mol. The molecule has 1 aromatic carbocycles. The van der Waals surface area contributed by atoms with E-state index in [1.807, 2.05) is 0 Å². The van der Waals surface area contributed by atoms with E-state index < -0.39 is 0 Å². The van der Waals surface area contributed by atoms with Gasteiger partial charge in [-0.3, -0.25) is 0 Å². The predicted octanol–water partition coefficient (Wildman–Crippen LogP) is 3.88. The topological polar surface area (TPSA) is 29.9 Å². The lowest BCUT2D eigenvalue weighted by molar-refractivity contribution is 0.484. The van der Waals surface area contributed by atoms with Gasteiger partial charge >= 0.3 is 0 Å². The number of aryl methyl sites for hydroxylation is 1. The number of fused-ring (bicyclic) bond motifs is 1. The molecule has 4 rings (SSSR count). The summed E-state index contributed by atoms with van der Waals surface area (Å²) in [5.41, 5.74) is 3.82. The van der Waals surface area contributed by atoms with Crippen molar-refractivity contribution in [2.24, 2.45) is 0 Å². The van der Waals surface area contributed by atoms with Gasteiger partial charge in [0, 0.05) is 6.04 Å². The summed E-state index contributed by atoms with van der Waals surface area (Å²) >= 11 is 0. The molecule has 0 radical (unpaired) electrons. The lowest BCUT2D eigenvalue weighted by Crippen LogP contribution is -2.23. The van der Waals surface area contributed by atoms with Gasteiger partial charge < -0.3 is 9.88 Å². The molecule has 20 heavy (non-hydrogen) atoms. The summed E-state index contributed by atoms with van der Waals surface area (Å²) in [6.45, 7) is 3.29. The molecule has 2 aromatic rings. The van der Waals surface area contributed by atoms with Crippen molar-refractivity contribution in [3.05, 3.63) is 29.6 Å². The first kappa shape index (κ1) is 12.4. The number of benzene rings is 1. The molecular formula is C17H23N3. The molecule has 106 valence electrons. The fraction of sp³-hybridized carbons (Fsp3) is 0.588. The molecule has 1 aliphatic heterocycles. The van der Waals surface area contributed by atoms with Crippen LogP contribution in [0.5, 0.6) is 0 Å². The van der Waals surface area contributed by atoms with Gasteiger partial charge in [-0.1, -0.05) is 18.9 Å². The lowest BCUT2D eigenvalue weighted by Gasteiger charge is -2.17. The van der Waals surface area contributed by atoms with Gasteiger partial charge in [-0.25, -0.2) is 4.98 Å². The van der Waals surface area contributed by atoms with E-state index in [0.29, 0.717) is 12.1 Å². The molecule has 1 unspecified atom stereocenters. The number of nitrogens with one attached hydrogen (secondary N) is 1. The fourth-order valence-electron chi connectivity index (χ4n) is 3.44. The van der Waals surface area contributed by atoms with Crippen molar-refractivity contribution in [3.8, 4) is 0 Å². The minimum Gasteiger partial charge on any atom is -0.324 e. The average Bonchev–Trinajstić information content (AvgIpc) is 3.24. The highest BCUT2D eigenvalue weighted by atomic mass is 15.2. The first-order chi connectivity index (χ1) is 9.83. The largest absolute Gasteiger partial charge is 0.324 e. The van der Waals surface area contributed by atoms with Crippen LogP contribution in [0, 0.1) is 6.92 Å². The van der Waals surface area contributed by atoms with Crippen molar-refractivity contribution in [3.63, 3.8) is 0 Å². The van der Waals surface area contributed by atoms with Crippen molar-refractivity contribution in [2.75, 3.05) is 6.54 Å². The van der Waals surface area contributed by atoms with Crippen LogP contribution in [0.15, 0.2) is 18.2 Å². The maximum atomic E-state index is 5.00. The fourth-order valence-corrected chi connectivity index (χ4v) is 3.44. The second-order valence-electron chi connectivity index (χ2n) is 6.42. The highest BCUT2D eigenvalue weighted by Gasteiger charge is 2.31. The molecule has 1 saturated carbocycles. The SMILES string of the molecule is Cc1ccc2c(c1)nc(C1CCCCCN1)n2C1CC1. The van der Waals surface area contributed by atoms with Gasteiger partial charge in [0.25, 0.3) is 0 Å². The van der Waals surface area contributed by atoms with Crippen LogP contribution in [-0.2, 0) is 0 Å². The Morgan fingerprint density at radius 3 is 2.90 bits per heavy atom. The maximum Gasteiger partial charge on any atom is 0.127 e. The summed E-state index contributed by atoms with van der Waals surface area (Å²) < 4.78 is 2.53. The molecule has 1 atom stereocenters. The normalized spacial score (nSPS) is 23.9. The van der Waals surface area contributed by atoms with Gasteiger partial charge in [0.15, 0.2) is 0 Å². The maximum absolute atomic E-state index is 5.00. The van der Waals surface area contributed by atoms with Gasteiger partial charge in [-0.15, -0.1) is 0 Å². The van der Waals surface area contributed by atoms with Gasteiger partial charge in [-0.2, -0.15) is 0 Å². The van der Waals surface area contributed by atoms with E-state index in [2.05, 4.69) is 35.0 Å². The van der Waals surface area contributed by atoms with E-state index in [-0.39, 0.29) is 0 Å². The molecule has 2 heterocycles. The van der Waals surface area contributed by atoms with Crippen LogP contribution in [-0.4, -0.2) is 16.1 Å². The van der Waals surface area contributed by atoms with Gasteiger partial charge in [0.2, 0.25) is 0 Å². The Labute approximate surface area is 120 Å². The van der Waals surface area contributed by atoms with Gasteiger partial charge in [-0.05, 0) is 56.8 Å². The highest BCUT2D eigenvalue weighted by molar-refractivity contribution is 5.77. The van der Waals surface area contributed by atoms with Crippen LogP contribution in [0.3, 0.4) is 0 Å². The van der Waals surface area contributed by atoms with Crippen LogP contribution < -0.4 is 5.32 Å². The van der Waals surface area contributed by atoms with Crippen molar-refractivity contribution < 1.29 is 0 Å². The quantitative estimate of drug-likeness (QED) is 0.896. The third-order valence-electron chi connectivity index (χ3n) is 4.66. The van der Waals surface area contributed by atoms with Crippen LogP contribution in [0.25, 0.3) is 11.0 Å². The van der Waals surface area contributed by atoms with Crippen molar-refractivity contribution in [2.45, 2.75) is 57.5 Å². The average molecular weight is 269 g/mol. The summed E-state index contributed by atoms with van der Waals surface area (Å²) in [6.07, 6.45) is 7.85. The molecule has 0 bridgehead atoms. The number of hydrogen-bond donors (Lipinski definition) is 1. The summed E-state index contributed by atoms with van der Waals surface area (Å²) in [4.78, 5) is 5.00. The van der Waals surface area contributed by atoms with Crippen LogP contribution in [0.4, 0.5) is 0 Å². The third-order valence-corrected chi connectivity index (χ3v) is 4.66. The molecule has 2 fully saturated rings. The molecule has 1 saturated heterocycles. The second kappa shape index (κ2) is 4.88. The molecule has 1 aromatic heterocycles. The third kappa shape index (κ3) is 2.14. The first-order valence-electron chi connectivity index (χ1n) is 8.05. The zero-order valence-corrected chi connectivity index (χ0v) is 12.2. The van der Waals surface area contributed by atoms with E-state index >= 15 is 0 Å². The Hall–Kier alpha value is -1.35. The van der Waals surface area contributed by atoms with Crippen LogP contribution in [0.2, 0.25) is 0 Å². The van der Waals surface area contributed by atoms with Crippen LogP contribution in [0.1, 0.15) is 62.0 Å². The van der Waals surface area contributed by atoms with Crippen LogP contribution >= 0.6 is 0 Å². The Morgan fingerprint density at radius 2 is 2.05 bits per heavy atom. The summed E-state index contributed by atoms with van der Waals surface area (Å²) in [5, 5.41) is 3.71. The smallest absolute Gasteiger partial charge is 0.127 e. The van der Waals surface area contributed by atoms with E-state index in [0.717, 1.165) is 6.54 Å². The van der Waals surface area contributed by atoms with Crippen molar-refractivity contribution in [1.29, 1.82) is 0 Å². The van der Waals surface area contributed by atoms with E-state index in [1.54, 1.807) is 0 Å². The van der Waals surface area contributed by atoms with Gasteiger partial charge in [0.1, 0.15) is 5.82 Å². The molecule has 2 aliphatic rings. The Kier molecular flexibility index (Phi) is 3.03. The summed E-state index contributed by atoms with van der Waals surface area (Å²) in [5.74, 6) is 1.29. The van der Waals surface area contributed by atoms with E-state index in [4.69, 9.17) is 4.98 Å². The number of aromatic nitrogens is 2. The molecule has 0 amide bonds. The lowest BCUT2D eigenvalue weighted by atomic mass is 10.1. The van der Waals surface area contributed by atoms with Crippen molar-refractivity contribution >= 4 is 11.0 Å². The molecule has 1 N–H and O–H groups in total. The second-order valence-corrected chi connectivity index (χ2v) is 6.42. The van der Waals surface area contributed by atoms with Gasteiger partial charge in [0.05, 0.1) is 17.1 Å². The standard InChI is InChI=1S/C17H23N3/c1-12-6-9-16-15(11-12)19-17(20(16)13-7-8-13)14-5-3-2-4-10-18-14/h6,9,11,13-14,18H,2-5,7-8,10H2,1H3. The highest BCUT2D eigenvalue weighted by Crippen LogP contribution is 2.40. The summed E-state index contributed by atoms with van der Waals surface area (Å²) in [7, 11) is 0. The summed E-state index contributed by atoms with van der Waals surface area (Å²) in [6, 6.07) is 7.85. The number of rotatable bonds is 2. The van der Waals surface area contributed by atoms with Crippen molar-refractivity contribution in [1.82, 2.24) is 14.9 Å². The monoisotopic (exact) mass is 269 g/mol. The minimum atomic E-state index is 0.450.